The predicted molar refractivity (Wildman–Crippen MR) is 453 cm³/mol. The lowest BCUT2D eigenvalue weighted by atomic mass is 9.83. The lowest BCUT2D eigenvalue weighted by Gasteiger charge is -2.26. The smallest absolute Gasteiger partial charge is 0.303 e. The number of ether oxygens (including phenoxy) is 1. The number of hydrogen-bond acceptors (Lipinski definition) is 9. The number of hydrogen-bond donors (Lipinski definition) is 2. The number of carbonyl (C=O) groups is 6. The van der Waals surface area contributed by atoms with Gasteiger partial charge in [0.2, 0.25) is 0 Å². The van der Waals surface area contributed by atoms with E-state index in [1.165, 1.54) is 238 Å². The Kier molecular flexibility index (Phi) is 56.8. The first-order chi connectivity index (χ1) is 50.4. The number of aliphatic hydroxyl groups is 2. The van der Waals surface area contributed by atoms with Crippen LogP contribution in [0.25, 0.3) is 0 Å². The van der Waals surface area contributed by atoms with Crippen molar-refractivity contribution >= 4 is 34.9 Å². The molecule has 8 aliphatic rings. The van der Waals surface area contributed by atoms with Gasteiger partial charge in [-0.15, -0.1) is 0 Å². The Hall–Kier alpha value is -4.34. The molecule has 608 valence electrons. The minimum atomic E-state index is -0.178. The van der Waals surface area contributed by atoms with E-state index in [0.717, 1.165) is 102 Å². The summed E-state index contributed by atoms with van der Waals surface area (Å²) in [4.78, 5) is 67.0. The van der Waals surface area contributed by atoms with Gasteiger partial charge in [-0.3, -0.25) is 28.8 Å². The summed E-state index contributed by atoms with van der Waals surface area (Å²) >= 11 is 0. The number of esters is 1. The maximum Gasteiger partial charge on any atom is 0.303 e. The van der Waals surface area contributed by atoms with Crippen molar-refractivity contribution in [2.75, 3.05) is 0 Å². The summed E-state index contributed by atoms with van der Waals surface area (Å²) in [5, 5.41) is 19.1. The normalized spacial score (nSPS) is 25.0. The molecule has 0 fully saturated rings. The fourth-order valence-corrected chi connectivity index (χ4v) is 17.5. The zero-order chi connectivity index (χ0) is 79.4. The molecule has 0 aromatic heterocycles. The van der Waals surface area contributed by atoms with Crippen LogP contribution in [0.1, 0.15) is 408 Å². The van der Waals surface area contributed by atoms with E-state index in [9.17, 15) is 39.0 Å². The van der Waals surface area contributed by atoms with Crippen LogP contribution >= 0.6 is 0 Å². The Morgan fingerprint density at radius 2 is 0.594 bits per heavy atom. The molecule has 0 aromatic carbocycles. The second-order valence-corrected chi connectivity index (χ2v) is 35.5. The van der Waals surface area contributed by atoms with E-state index in [4.69, 9.17) is 4.74 Å². The molecule has 0 spiro atoms. The largest absolute Gasteiger partial charge is 0.458 e. The average molecular weight is 1480 g/mol. The summed E-state index contributed by atoms with van der Waals surface area (Å²) in [6.45, 7) is 40.5. The molecule has 11 atom stereocenters. The molecule has 8 rings (SSSR count). The van der Waals surface area contributed by atoms with Gasteiger partial charge in [0.1, 0.15) is 6.10 Å². The molecule has 0 aromatic rings. The van der Waals surface area contributed by atoms with Crippen LogP contribution in [0.15, 0.2) is 93.2 Å². The number of carbonyl (C=O) groups excluding carboxylic acids is 6. The van der Waals surface area contributed by atoms with Crippen molar-refractivity contribution in [3.8, 4) is 0 Å². The number of rotatable bonds is 30. The van der Waals surface area contributed by atoms with E-state index >= 15 is 0 Å². The van der Waals surface area contributed by atoms with E-state index in [2.05, 4.69) is 131 Å². The van der Waals surface area contributed by atoms with Gasteiger partial charge >= 0.3 is 5.97 Å². The highest BCUT2D eigenvalue weighted by Crippen LogP contribution is 2.34. The van der Waals surface area contributed by atoms with Gasteiger partial charge in [0.05, 0.1) is 12.2 Å². The fraction of sp³-hybridized carbons (Fsp3) is 0.773. The third-order valence-corrected chi connectivity index (χ3v) is 22.1. The van der Waals surface area contributed by atoms with Crippen LogP contribution in [0.2, 0.25) is 0 Å². The SMILES string of the molecule is CC1=CC(=O)CC(CC(C)C)C1.CC1=CC(O)CC(CC(C)C)C1.CCC1CC(C)=CC(OC(C)=O)C1.CCCCC1CC(=O)C=C(C)C1.CCCCCC1CC(=O)C=C(C)C1.CCCCCCC1CC(=O)C=C(C)C1.CCCCCCCC1CC(=O)C=C(C)C1.CCCCCCCC1CC(C)=CC(O)C1. The molecular formula is C97H166O9. The maximum atomic E-state index is 11.3. The van der Waals surface area contributed by atoms with Crippen molar-refractivity contribution in [2.24, 2.45) is 59.2 Å². The maximum absolute atomic E-state index is 11.3. The number of unbranched alkanes of at least 4 members (excludes halogenated alkanes) is 14. The van der Waals surface area contributed by atoms with E-state index in [1.807, 2.05) is 36.5 Å². The highest BCUT2D eigenvalue weighted by molar-refractivity contribution is 5.93. The Bertz CT molecular complexity index is 2720. The van der Waals surface area contributed by atoms with E-state index < -0.39 is 0 Å². The molecule has 2 N–H and O–H groups in total. The van der Waals surface area contributed by atoms with Crippen LogP contribution in [0.3, 0.4) is 0 Å². The number of aliphatic hydroxyl groups excluding tert-OH is 2. The molecule has 106 heavy (non-hydrogen) atoms. The Morgan fingerprint density at radius 3 is 0.934 bits per heavy atom. The Labute approximate surface area is 653 Å². The van der Waals surface area contributed by atoms with Crippen LogP contribution in [0.4, 0.5) is 0 Å². The molecule has 0 bridgehead atoms. The molecule has 8 aliphatic carbocycles. The van der Waals surface area contributed by atoms with Crippen molar-refractivity contribution in [3.05, 3.63) is 93.2 Å². The highest BCUT2D eigenvalue weighted by atomic mass is 16.5. The lowest BCUT2D eigenvalue weighted by Crippen LogP contribution is -2.22. The summed E-state index contributed by atoms with van der Waals surface area (Å²) in [7, 11) is 0. The molecule has 0 saturated carbocycles. The van der Waals surface area contributed by atoms with Gasteiger partial charge in [-0.25, -0.2) is 0 Å². The predicted octanol–water partition coefficient (Wildman–Crippen LogP) is 27.2. The monoisotopic (exact) mass is 1480 g/mol. The molecule has 9 heteroatoms. The molecule has 11 unspecified atom stereocenters. The van der Waals surface area contributed by atoms with Gasteiger partial charge in [-0.1, -0.05) is 261 Å². The Morgan fingerprint density at radius 1 is 0.330 bits per heavy atom. The van der Waals surface area contributed by atoms with Gasteiger partial charge in [0.15, 0.2) is 28.9 Å². The van der Waals surface area contributed by atoms with E-state index in [1.54, 1.807) is 6.08 Å². The second kappa shape index (κ2) is 60.4. The van der Waals surface area contributed by atoms with Crippen molar-refractivity contribution in [1.82, 2.24) is 0 Å². The minimum Gasteiger partial charge on any atom is -0.458 e. The quantitative estimate of drug-likeness (QED) is 0.0407. The van der Waals surface area contributed by atoms with Gasteiger partial charge in [-0.05, 0) is 260 Å². The van der Waals surface area contributed by atoms with Gasteiger partial charge < -0.3 is 14.9 Å². The first kappa shape index (κ1) is 99.7. The van der Waals surface area contributed by atoms with Crippen molar-refractivity contribution in [2.45, 2.75) is 426 Å². The standard InChI is InChI=1S/C14H26O.C14H24O.C13H22O.C12H20O.C11H18O2.C11H20O.2C11H18O/c2*1-3-4-5-6-7-8-13-9-12(2)10-14(15)11-13;1-3-4-5-6-7-12-8-11(2)9-13(14)10-12;1-3-4-5-6-11-7-10(2)8-12(13)9-11;1-4-10-5-8(2)6-11(7-10)13-9(3)12;2*1-8(2)4-10-5-9(3)6-11(12)7-10;1-3-4-5-10-6-9(2)7-11(12)8-10/h10,13-15H,3-9,11H2,1-2H3;10,13H,3-9,11H2,1-2H3;9,12H,3-8,10H2,1-2H3;8,11H,3-7,9H2,1-2H3;6,10-11H,4-5,7H2,1-3H3;6,8,10-12H,4-5,7H2,1-3H3;6,8,10H,4-5,7H2,1-3H3;7,10H,3-6,8H2,1-2H3. The molecular weight excluding hydrogens is 1310 g/mol. The third kappa shape index (κ3) is 53.5. The minimum absolute atomic E-state index is 0.0243. The summed E-state index contributed by atoms with van der Waals surface area (Å²) in [5.74, 6) is 8.31. The highest BCUT2D eigenvalue weighted by Gasteiger charge is 2.25. The number of allylic oxidation sites excluding steroid dienone is 13. The molecule has 9 nitrogen and oxygen atoms in total. The van der Waals surface area contributed by atoms with Gasteiger partial charge in [0.25, 0.3) is 0 Å². The zero-order valence-corrected chi connectivity index (χ0v) is 72.3. The summed E-state index contributed by atoms with van der Waals surface area (Å²) in [6.07, 6.45) is 66.1. The number of ketones is 5. The second-order valence-electron chi connectivity index (χ2n) is 35.5. The first-order valence-electron chi connectivity index (χ1n) is 43.9. The lowest BCUT2D eigenvalue weighted by molar-refractivity contribution is -0.145. The van der Waals surface area contributed by atoms with E-state index in [-0.39, 0.29) is 24.3 Å². The van der Waals surface area contributed by atoms with Gasteiger partial charge in [0, 0.05) is 39.0 Å². The topological polar surface area (TPSA) is 152 Å². The first-order valence-corrected chi connectivity index (χ1v) is 43.9. The molecule has 0 amide bonds. The van der Waals surface area contributed by atoms with Crippen LogP contribution in [-0.2, 0) is 33.5 Å². The average Bonchev–Trinajstić information content (AvgIpc) is 0.806. The summed E-state index contributed by atoms with van der Waals surface area (Å²) < 4.78 is 5.18. The van der Waals surface area contributed by atoms with Gasteiger partial charge in [-0.2, -0.15) is 0 Å². The van der Waals surface area contributed by atoms with Crippen LogP contribution in [0, 0.1) is 59.2 Å². The fourth-order valence-electron chi connectivity index (χ4n) is 17.5. The van der Waals surface area contributed by atoms with Crippen molar-refractivity contribution in [3.63, 3.8) is 0 Å². The molecule has 0 saturated heterocycles. The summed E-state index contributed by atoms with van der Waals surface area (Å²) in [5.41, 5.74) is 10.5. The van der Waals surface area contributed by atoms with Crippen molar-refractivity contribution < 1.29 is 43.7 Å². The molecule has 0 heterocycles. The Balaban J connectivity index is 0.000000607. The third-order valence-electron chi connectivity index (χ3n) is 22.1. The molecule has 0 aliphatic heterocycles. The van der Waals surface area contributed by atoms with E-state index in [0.29, 0.717) is 76.3 Å². The molecule has 0 radical (unpaired) electrons. The zero-order valence-electron chi connectivity index (χ0n) is 72.3. The van der Waals surface area contributed by atoms with Crippen LogP contribution < -0.4 is 0 Å². The summed E-state index contributed by atoms with van der Waals surface area (Å²) in [6, 6.07) is 0. The van der Waals surface area contributed by atoms with Crippen molar-refractivity contribution in [1.29, 1.82) is 0 Å². The van der Waals surface area contributed by atoms with Crippen LogP contribution in [-0.4, -0.2) is 63.4 Å². The van der Waals surface area contributed by atoms with Crippen LogP contribution in [0.5, 0.6) is 0 Å².